The van der Waals surface area contributed by atoms with Crippen molar-refractivity contribution in [3.8, 4) is 0 Å². The Labute approximate surface area is 90.2 Å². The number of hydrogen-bond donors (Lipinski definition) is 0. The van der Waals surface area contributed by atoms with Gasteiger partial charge in [0, 0.05) is 0 Å². The molecule has 0 aliphatic carbocycles. The zero-order valence-electron chi connectivity index (χ0n) is 10.1. The van der Waals surface area contributed by atoms with Gasteiger partial charge >= 0.3 is 18.9 Å². The molecule has 0 aliphatic rings. The first-order valence-corrected chi connectivity index (χ1v) is 7.31. The van der Waals surface area contributed by atoms with Gasteiger partial charge in [-0.25, -0.2) is 0 Å². The summed E-state index contributed by atoms with van der Waals surface area (Å²) in [6.45, 7) is 9.35. The number of hydrogen-bond acceptors (Lipinski definition) is 0. The standard InChI is InChI=1S/2C4H9.CH3.Al.Li.H/c2*1-4(2)3;;;;/h2*4H,1H2,2-3H3;1H3;;;/q;;;;+1;-1. The van der Waals surface area contributed by atoms with Crippen LogP contribution in [0.5, 0.6) is 0 Å². The Kier molecular flexibility index (Phi) is 10.3. The molecule has 0 saturated carbocycles. The maximum Gasteiger partial charge on any atom is 1.00 e. The summed E-state index contributed by atoms with van der Waals surface area (Å²) in [7, 11) is 0. The van der Waals surface area contributed by atoms with Gasteiger partial charge in [-0.2, -0.15) is 0 Å². The fourth-order valence-corrected chi connectivity index (χ4v) is 5.12. The molecule has 0 unspecified atom stereocenters. The quantitative estimate of drug-likeness (QED) is 0.532. The fourth-order valence-electron chi connectivity index (χ4n) is 1.71. The summed E-state index contributed by atoms with van der Waals surface area (Å²) in [5.74, 6) is 4.36. The van der Waals surface area contributed by atoms with Crippen LogP contribution >= 0.6 is 0 Å². The van der Waals surface area contributed by atoms with Crippen molar-refractivity contribution in [3.05, 3.63) is 0 Å². The molecule has 0 aromatic carbocycles. The van der Waals surface area contributed by atoms with Crippen LogP contribution in [0.1, 0.15) is 29.1 Å². The SMILES string of the molecule is CC(C)[CH2][Al]([CH3])[CH2]C(C)C.[H-].[Li+]. The Balaban J connectivity index is -0.000000405. The molecule has 0 radical (unpaired) electrons. The minimum atomic E-state index is -0.318. The van der Waals surface area contributed by atoms with E-state index in [9.17, 15) is 0 Å². The van der Waals surface area contributed by atoms with Crippen molar-refractivity contribution in [2.75, 3.05) is 0 Å². The van der Waals surface area contributed by atoms with E-state index < -0.39 is 0 Å². The van der Waals surface area contributed by atoms with Crippen molar-refractivity contribution in [3.63, 3.8) is 0 Å². The van der Waals surface area contributed by atoms with Crippen molar-refractivity contribution in [2.45, 2.75) is 44.0 Å². The van der Waals surface area contributed by atoms with Gasteiger partial charge in [0.25, 0.3) is 14.1 Å². The smallest absolute Gasteiger partial charge is 1.00 e. The van der Waals surface area contributed by atoms with Gasteiger partial charge in [-0.3, -0.25) is 0 Å². The maximum atomic E-state index is 2.50. The van der Waals surface area contributed by atoms with E-state index in [0.717, 1.165) is 11.8 Å². The first-order valence-electron chi connectivity index (χ1n) is 4.52. The minimum Gasteiger partial charge on any atom is -1.00 e. The Hall–Kier alpha value is 1.13. The second kappa shape index (κ2) is 7.76. The molecular formula is C9H22AlLi. The monoisotopic (exact) mass is 164 g/mol. The molecule has 0 rings (SSSR count). The summed E-state index contributed by atoms with van der Waals surface area (Å²) < 4.78 is 0. The van der Waals surface area contributed by atoms with Crippen molar-refractivity contribution in [1.82, 2.24) is 0 Å². The molecule has 0 aromatic heterocycles. The van der Waals surface area contributed by atoms with Crippen molar-refractivity contribution in [1.29, 1.82) is 0 Å². The summed E-state index contributed by atoms with van der Waals surface area (Å²) in [6, 6.07) is 0. The summed E-state index contributed by atoms with van der Waals surface area (Å²) in [6.07, 6.45) is 0. The van der Waals surface area contributed by atoms with Gasteiger partial charge in [0.1, 0.15) is 0 Å². The van der Waals surface area contributed by atoms with Crippen LogP contribution in [0.4, 0.5) is 0 Å². The van der Waals surface area contributed by atoms with E-state index in [4.69, 9.17) is 0 Å². The molecule has 0 aliphatic heterocycles. The number of rotatable bonds is 4. The molecule has 0 amide bonds. The van der Waals surface area contributed by atoms with E-state index in [1.165, 1.54) is 10.6 Å². The average Bonchev–Trinajstić information content (AvgIpc) is 1.58. The van der Waals surface area contributed by atoms with Gasteiger partial charge in [0.2, 0.25) is 0 Å². The summed E-state index contributed by atoms with van der Waals surface area (Å²) in [4.78, 5) is 0. The van der Waals surface area contributed by atoms with Crippen molar-refractivity contribution < 1.29 is 20.3 Å². The van der Waals surface area contributed by atoms with E-state index in [2.05, 4.69) is 33.5 Å². The molecular weight excluding hydrogens is 142 g/mol. The second-order valence-electron chi connectivity index (χ2n) is 4.36. The Bertz CT molecular complexity index is 76.6. The van der Waals surface area contributed by atoms with Crippen LogP contribution in [0.2, 0.25) is 16.4 Å². The van der Waals surface area contributed by atoms with Crippen LogP contribution in [-0.2, 0) is 0 Å². The predicted molar refractivity (Wildman–Crippen MR) is 52.0 cm³/mol. The first kappa shape index (κ1) is 14.6. The van der Waals surface area contributed by atoms with Gasteiger partial charge in [-0.15, -0.1) is 5.79 Å². The van der Waals surface area contributed by atoms with Gasteiger partial charge in [-0.1, -0.05) is 50.1 Å². The van der Waals surface area contributed by atoms with Crippen LogP contribution in [0.3, 0.4) is 0 Å². The molecule has 0 saturated heterocycles. The van der Waals surface area contributed by atoms with Crippen molar-refractivity contribution in [2.24, 2.45) is 11.8 Å². The average molecular weight is 164 g/mol. The third-order valence-electron chi connectivity index (χ3n) is 1.75. The van der Waals surface area contributed by atoms with E-state index in [1.54, 1.807) is 0 Å². The predicted octanol–water partition coefficient (Wildman–Crippen LogP) is 0.540. The molecule has 0 N–H and O–H groups in total. The normalized spacial score (nSPS) is 10.1. The van der Waals surface area contributed by atoms with E-state index in [1.807, 2.05) is 0 Å². The van der Waals surface area contributed by atoms with Gasteiger partial charge in [0.15, 0.2) is 0 Å². The molecule has 0 spiro atoms. The zero-order valence-corrected chi connectivity index (χ0v) is 10.3. The van der Waals surface area contributed by atoms with Crippen LogP contribution in [0.25, 0.3) is 0 Å². The van der Waals surface area contributed by atoms with E-state index >= 15 is 0 Å². The summed E-state index contributed by atoms with van der Waals surface area (Å²) in [5.41, 5.74) is 0. The largest absolute Gasteiger partial charge is 1.00 e. The minimum absolute atomic E-state index is 0. The summed E-state index contributed by atoms with van der Waals surface area (Å²) >= 11 is -0.318. The molecule has 0 atom stereocenters. The molecule has 0 aromatic rings. The second-order valence-corrected chi connectivity index (χ2v) is 7.52. The summed E-state index contributed by atoms with van der Waals surface area (Å²) in [5, 5.41) is 3.05. The molecule has 0 bridgehead atoms. The Morgan fingerprint density at radius 3 is 1.45 bits per heavy atom. The molecule has 2 heteroatoms. The molecule has 0 nitrogen and oxygen atoms in total. The van der Waals surface area contributed by atoms with Gasteiger partial charge < -0.3 is 1.43 Å². The zero-order chi connectivity index (χ0) is 8.15. The molecule has 62 valence electrons. The topological polar surface area (TPSA) is 0 Å². The third-order valence-corrected chi connectivity index (χ3v) is 5.24. The Morgan fingerprint density at radius 2 is 1.27 bits per heavy atom. The molecule has 0 fully saturated rings. The fraction of sp³-hybridized carbons (Fsp3) is 1.00. The van der Waals surface area contributed by atoms with Crippen LogP contribution in [0.15, 0.2) is 0 Å². The van der Waals surface area contributed by atoms with Gasteiger partial charge in [0.05, 0.1) is 0 Å². The molecule has 11 heavy (non-hydrogen) atoms. The third kappa shape index (κ3) is 11.1. The van der Waals surface area contributed by atoms with E-state index in [-0.39, 0.29) is 34.4 Å². The van der Waals surface area contributed by atoms with Crippen LogP contribution < -0.4 is 18.9 Å². The van der Waals surface area contributed by atoms with Crippen molar-refractivity contribution >= 4 is 14.1 Å². The van der Waals surface area contributed by atoms with Crippen LogP contribution in [0, 0.1) is 11.8 Å². The van der Waals surface area contributed by atoms with E-state index in [0.29, 0.717) is 0 Å². The first-order chi connectivity index (χ1) is 4.52. The van der Waals surface area contributed by atoms with Crippen LogP contribution in [-0.4, -0.2) is 14.1 Å². The van der Waals surface area contributed by atoms with Gasteiger partial charge in [-0.05, 0) is 0 Å². The Morgan fingerprint density at radius 1 is 1.00 bits per heavy atom. The maximum absolute atomic E-state index is 2.50. The molecule has 0 heterocycles.